The van der Waals surface area contributed by atoms with Crippen LogP contribution in [0.25, 0.3) is 0 Å². The van der Waals surface area contributed by atoms with Gasteiger partial charge in [0, 0.05) is 0 Å². The van der Waals surface area contributed by atoms with Gasteiger partial charge in [-0.1, -0.05) is 13.0 Å². The molecule has 0 bridgehead atoms. The zero-order valence-corrected chi connectivity index (χ0v) is 8.66. The molecule has 0 saturated carbocycles. The van der Waals surface area contributed by atoms with E-state index in [-0.39, 0.29) is 5.75 Å². The highest BCUT2D eigenvalue weighted by Gasteiger charge is 2.10. The van der Waals surface area contributed by atoms with E-state index in [2.05, 4.69) is 6.92 Å². The number of methoxy groups -OCH3 is 1. The van der Waals surface area contributed by atoms with Gasteiger partial charge in [0.1, 0.15) is 0 Å². The summed E-state index contributed by atoms with van der Waals surface area (Å²) in [5.41, 5.74) is 6.76. The lowest BCUT2D eigenvalue weighted by molar-refractivity contribution is 0.372. The van der Waals surface area contributed by atoms with Crippen LogP contribution in [-0.4, -0.2) is 18.8 Å². The first kappa shape index (κ1) is 10.9. The quantitative estimate of drug-likeness (QED) is 0.771. The van der Waals surface area contributed by atoms with Crippen LogP contribution in [0.4, 0.5) is 0 Å². The Labute approximate surface area is 84.5 Å². The summed E-state index contributed by atoms with van der Waals surface area (Å²) in [4.78, 5) is 0. The minimum absolute atomic E-state index is 0.170. The number of benzene rings is 1. The normalized spacial score (nSPS) is 12.5. The van der Waals surface area contributed by atoms with Gasteiger partial charge in [-0.05, 0) is 36.6 Å². The second kappa shape index (κ2) is 4.86. The largest absolute Gasteiger partial charge is 0.504 e. The monoisotopic (exact) mass is 195 g/mol. The van der Waals surface area contributed by atoms with E-state index in [1.54, 1.807) is 13.2 Å². The van der Waals surface area contributed by atoms with Crippen LogP contribution >= 0.6 is 0 Å². The molecule has 3 heteroatoms. The van der Waals surface area contributed by atoms with Crippen molar-refractivity contribution in [3.05, 3.63) is 23.8 Å². The maximum absolute atomic E-state index is 9.41. The first-order valence-corrected chi connectivity index (χ1v) is 4.79. The van der Waals surface area contributed by atoms with E-state index in [4.69, 9.17) is 10.5 Å². The van der Waals surface area contributed by atoms with Crippen LogP contribution < -0.4 is 10.5 Å². The van der Waals surface area contributed by atoms with Crippen molar-refractivity contribution in [3.8, 4) is 11.5 Å². The molecule has 0 fully saturated rings. The van der Waals surface area contributed by atoms with Crippen LogP contribution in [-0.2, 0) is 0 Å². The van der Waals surface area contributed by atoms with E-state index >= 15 is 0 Å². The first-order valence-electron chi connectivity index (χ1n) is 4.79. The van der Waals surface area contributed by atoms with Gasteiger partial charge in [0.05, 0.1) is 7.11 Å². The number of rotatable bonds is 4. The van der Waals surface area contributed by atoms with Gasteiger partial charge in [-0.3, -0.25) is 0 Å². The van der Waals surface area contributed by atoms with Gasteiger partial charge in [0.25, 0.3) is 0 Å². The van der Waals surface area contributed by atoms with E-state index in [1.165, 1.54) is 0 Å². The Morgan fingerprint density at radius 1 is 1.50 bits per heavy atom. The molecular formula is C11H17NO2. The average Bonchev–Trinajstić information content (AvgIpc) is 2.22. The fourth-order valence-electron chi connectivity index (χ4n) is 1.49. The van der Waals surface area contributed by atoms with Gasteiger partial charge >= 0.3 is 0 Å². The van der Waals surface area contributed by atoms with Crippen LogP contribution in [0.1, 0.15) is 24.8 Å². The van der Waals surface area contributed by atoms with E-state index in [0.717, 1.165) is 12.0 Å². The average molecular weight is 195 g/mol. The summed E-state index contributed by atoms with van der Waals surface area (Å²) in [5, 5.41) is 9.41. The van der Waals surface area contributed by atoms with E-state index in [9.17, 15) is 5.11 Å². The number of nitrogens with two attached hydrogens (primary N) is 1. The molecule has 14 heavy (non-hydrogen) atoms. The SMILES string of the molecule is CCC(CN)c1ccc(O)c(OC)c1. The highest BCUT2D eigenvalue weighted by molar-refractivity contribution is 5.42. The van der Waals surface area contributed by atoms with Gasteiger partial charge in [-0.15, -0.1) is 0 Å². The fourth-order valence-corrected chi connectivity index (χ4v) is 1.49. The molecule has 1 rings (SSSR count). The Bertz CT molecular complexity index is 295. The number of aromatic hydroxyl groups is 1. The molecule has 0 radical (unpaired) electrons. The molecule has 1 atom stereocenters. The van der Waals surface area contributed by atoms with E-state index < -0.39 is 0 Å². The maximum Gasteiger partial charge on any atom is 0.160 e. The van der Waals surface area contributed by atoms with Crippen LogP contribution in [0.3, 0.4) is 0 Å². The number of phenolic OH excluding ortho intramolecular Hbond substituents is 1. The maximum atomic E-state index is 9.41. The molecular weight excluding hydrogens is 178 g/mol. The Morgan fingerprint density at radius 3 is 2.71 bits per heavy atom. The molecule has 3 N–H and O–H groups in total. The Morgan fingerprint density at radius 2 is 2.21 bits per heavy atom. The van der Waals surface area contributed by atoms with Crippen LogP contribution in [0.5, 0.6) is 11.5 Å². The van der Waals surface area contributed by atoms with Crippen LogP contribution in [0.15, 0.2) is 18.2 Å². The van der Waals surface area contributed by atoms with E-state index in [1.807, 2.05) is 12.1 Å². The Kier molecular flexibility index (Phi) is 3.77. The molecule has 78 valence electrons. The third-order valence-electron chi connectivity index (χ3n) is 2.45. The Hall–Kier alpha value is -1.22. The summed E-state index contributed by atoms with van der Waals surface area (Å²) in [6.07, 6.45) is 0.991. The minimum atomic E-state index is 0.170. The second-order valence-corrected chi connectivity index (χ2v) is 3.27. The summed E-state index contributed by atoms with van der Waals surface area (Å²) in [6.45, 7) is 2.71. The predicted octanol–water partition coefficient (Wildman–Crippen LogP) is 1.85. The molecule has 0 aliphatic rings. The number of phenols is 1. The van der Waals surface area contributed by atoms with Crippen molar-refractivity contribution in [3.63, 3.8) is 0 Å². The predicted molar refractivity (Wildman–Crippen MR) is 56.7 cm³/mol. The van der Waals surface area contributed by atoms with Crippen molar-refractivity contribution in [1.82, 2.24) is 0 Å². The molecule has 3 nitrogen and oxygen atoms in total. The molecule has 0 spiro atoms. The number of hydrogen-bond acceptors (Lipinski definition) is 3. The molecule has 0 aromatic heterocycles. The lowest BCUT2D eigenvalue weighted by Crippen LogP contribution is -2.11. The summed E-state index contributed by atoms with van der Waals surface area (Å²) >= 11 is 0. The lowest BCUT2D eigenvalue weighted by atomic mass is 9.96. The number of hydrogen-bond donors (Lipinski definition) is 2. The molecule has 0 heterocycles. The van der Waals surface area contributed by atoms with Crippen molar-refractivity contribution in [2.24, 2.45) is 5.73 Å². The van der Waals surface area contributed by atoms with Crippen molar-refractivity contribution >= 4 is 0 Å². The summed E-state index contributed by atoms with van der Waals surface area (Å²) in [5.74, 6) is 1.02. The smallest absolute Gasteiger partial charge is 0.160 e. The minimum Gasteiger partial charge on any atom is -0.504 e. The van der Waals surface area contributed by atoms with Gasteiger partial charge < -0.3 is 15.6 Å². The Balaban J connectivity index is 2.98. The number of ether oxygens (including phenoxy) is 1. The topological polar surface area (TPSA) is 55.5 Å². The van der Waals surface area contributed by atoms with Crippen LogP contribution in [0.2, 0.25) is 0 Å². The summed E-state index contributed by atoms with van der Waals surface area (Å²) in [7, 11) is 1.54. The second-order valence-electron chi connectivity index (χ2n) is 3.27. The van der Waals surface area contributed by atoms with Crippen LogP contribution in [0, 0.1) is 0 Å². The van der Waals surface area contributed by atoms with Gasteiger partial charge in [-0.2, -0.15) is 0 Å². The lowest BCUT2D eigenvalue weighted by Gasteiger charge is -2.14. The molecule has 1 unspecified atom stereocenters. The molecule has 0 amide bonds. The third kappa shape index (κ3) is 2.17. The first-order chi connectivity index (χ1) is 6.72. The highest BCUT2D eigenvalue weighted by atomic mass is 16.5. The zero-order chi connectivity index (χ0) is 10.6. The molecule has 1 aromatic carbocycles. The van der Waals surface area contributed by atoms with E-state index in [0.29, 0.717) is 18.2 Å². The van der Waals surface area contributed by atoms with Crippen molar-refractivity contribution in [2.45, 2.75) is 19.3 Å². The molecule has 1 aromatic rings. The van der Waals surface area contributed by atoms with Gasteiger partial charge in [0.2, 0.25) is 0 Å². The molecule has 0 aliphatic heterocycles. The molecule has 0 saturated heterocycles. The summed E-state index contributed by atoms with van der Waals surface area (Å²) < 4.78 is 5.03. The fraction of sp³-hybridized carbons (Fsp3) is 0.455. The van der Waals surface area contributed by atoms with Crippen molar-refractivity contribution in [2.75, 3.05) is 13.7 Å². The standard InChI is InChI=1S/C11H17NO2/c1-3-8(7-12)9-4-5-10(13)11(6-9)14-2/h4-6,8,13H,3,7,12H2,1-2H3. The zero-order valence-electron chi connectivity index (χ0n) is 8.66. The van der Waals surface area contributed by atoms with Gasteiger partial charge in [-0.25, -0.2) is 0 Å². The van der Waals surface area contributed by atoms with Gasteiger partial charge in [0.15, 0.2) is 11.5 Å². The third-order valence-corrected chi connectivity index (χ3v) is 2.45. The highest BCUT2D eigenvalue weighted by Crippen LogP contribution is 2.30. The van der Waals surface area contributed by atoms with Crippen molar-refractivity contribution < 1.29 is 9.84 Å². The molecule has 0 aliphatic carbocycles. The summed E-state index contributed by atoms with van der Waals surface area (Å²) in [6, 6.07) is 5.38. The van der Waals surface area contributed by atoms with Crippen molar-refractivity contribution in [1.29, 1.82) is 0 Å².